The number of aliphatic hydroxyl groups is 1. The number of ketones is 1. The van der Waals surface area contributed by atoms with Gasteiger partial charge in [0.1, 0.15) is 17.6 Å². The molecule has 0 saturated carbocycles. The first kappa shape index (κ1) is 19.9. The Morgan fingerprint density at radius 1 is 1.12 bits per heavy atom. The van der Waals surface area contributed by atoms with Crippen molar-refractivity contribution in [1.82, 2.24) is 14.9 Å². The molecule has 160 valence electrons. The molecule has 2 aliphatic heterocycles. The standard InChI is InChI=1S/C25H21N3O4/c1-15-11-19-12-17(4-5-20(19)32-15)23(29)21-22(18-3-2-8-27-13-18)28(25(31)24(21)30)14-16-6-9-26-10-7-16/h2-10,12-13,15,22,29H,11,14H2,1H3. The monoisotopic (exact) mass is 427 g/mol. The molecule has 32 heavy (non-hydrogen) atoms. The summed E-state index contributed by atoms with van der Waals surface area (Å²) in [4.78, 5) is 35.8. The Bertz CT molecular complexity index is 1220. The molecule has 7 heteroatoms. The predicted octanol–water partition coefficient (Wildman–Crippen LogP) is 3.42. The molecule has 1 amide bonds. The summed E-state index contributed by atoms with van der Waals surface area (Å²) in [7, 11) is 0. The van der Waals surface area contributed by atoms with Crippen LogP contribution in [0.2, 0.25) is 0 Å². The summed E-state index contributed by atoms with van der Waals surface area (Å²) >= 11 is 0. The summed E-state index contributed by atoms with van der Waals surface area (Å²) in [6.45, 7) is 2.19. The van der Waals surface area contributed by atoms with Gasteiger partial charge in [0.25, 0.3) is 11.7 Å². The van der Waals surface area contributed by atoms with Crippen molar-refractivity contribution < 1.29 is 19.4 Å². The molecule has 0 radical (unpaired) electrons. The number of carbonyl (C=O) groups excluding carboxylic acids is 2. The van der Waals surface area contributed by atoms with Crippen LogP contribution in [-0.2, 0) is 22.6 Å². The summed E-state index contributed by atoms with van der Waals surface area (Å²) in [5, 5.41) is 11.2. The van der Waals surface area contributed by atoms with Gasteiger partial charge >= 0.3 is 0 Å². The van der Waals surface area contributed by atoms with Crippen molar-refractivity contribution in [2.45, 2.75) is 32.0 Å². The number of likely N-dealkylation sites (tertiary alicyclic amines) is 1. The van der Waals surface area contributed by atoms with E-state index in [0.29, 0.717) is 11.1 Å². The lowest BCUT2D eigenvalue weighted by Gasteiger charge is -2.25. The zero-order valence-corrected chi connectivity index (χ0v) is 17.4. The Hall–Kier alpha value is -4.00. The van der Waals surface area contributed by atoms with Gasteiger partial charge in [-0.15, -0.1) is 0 Å². The number of Topliss-reactive ketones (excluding diaryl/α,β-unsaturated/α-hetero) is 1. The Morgan fingerprint density at radius 2 is 1.94 bits per heavy atom. The van der Waals surface area contributed by atoms with Crippen LogP contribution < -0.4 is 4.74 Å². The number of rotatable bonds is 4. The van der Waals surface area contributed by atoms with Gasteiger partial charge in [0.15, 0.2) is 0 Å². The van der Waals surface area contributed by atoms with E-state index in [1.807, 2.05) is 13.0 Å². The van der Waals surface area contributed by atoms with Gasteiger partial charge in [0.05, 0.1) is 11.6 Å². The van der Waals surface area contributed by atoms with Crippen molar-refractivity contribution in [3.05, 3.63) is 95.1 Å². The van der Waals surface area contributed by atoms with Crippen molar-refractivity contribution in [3.8, 4) is 5.75 Å². The van der Waals surface area contributed by atoms with Crippen LogP contribution in [0.15, 0.2) is 72.8 Å². The van der Waals surface area contributed by atoms with Gasteiger partial charge in [0, 0.05) is 43.3 Å². The minimum absolute atomic E-state index is 0.0590. The third kappa shape index (κ3) is 3.41. The van der Waals surface area contributed by atoms with E-state index in [1.165, 1.54) is 4.90 Å². The van der Waals surface area contributed by atoms with Crippen molar-refractivity contribution in [2.75, 3.05) is 0 Å². The van der Waals surface area contributed by atoms with Gasteiger partial charge in [-0.3, -0.25) is 19.6 Å². The maximum Gasteiger partial charge on any atom is 0.295 e. The summed E-state index contributed by atoms with van der Waals surface area (Å²) < 4.78 is 5.74. The Kier molecular flexibility index (Phi) is 4.93. The normalized spacial score (nSPS) is 21.5. The van der Waals surface area contributed by atoms with Crippen LogP contribution in [0.3, 0.4) is 0 Å². The first-order valence-corrected chi connectivity index (χ1v) is 10.4. The highest BCUT2D eigenvalue weighted by Crippen LogP contribution is 2.41. The van der Waals surface area contributed by atoms with E-state index in [1.54, 1.807) is 61.2 Å². The number of hydrogen-bond donors (Lipinski definition) is 1. The third-order valence-electron chi connectivity index (χ3n) is 5.81. The number of hydrogen-bond acceptors (Lipinski definition) is 6. The molecule has 0 spiro atoms. The highest BCUT2D eigenvalue weighted by molar-refractivity contribution is 6.46. The Morgan fingerprint density at radius 3 is 2.69 bits per heavy atom. The lowest BCUT2D eigenvalue weighted by atomic mass is 9.95. The Balaban J connectivity index is 1.62. The predicted molar refractivity (Wildman–Crippen MR) is 117 cm³/mol. The number of pyridine rings is 2. The van der Waals surface area contributed by atoms with Gasteiger partial charge in [-0.1, -0.05) is 6.07 Å². The molecule has 2 unspecified atom stereocenters. The molecular formula is C25H21N3O4. The van der Waals surface area contributed by atoms with Crippen molar-refractivity contribution >= 4 is 17.4 Å². The molecule has 1 N–H and O–H groups in total. The molecular weight excluding hydrogens is 406 g/mol. The average molecular weight is 427 g/mol. The van der Waals surface area contributed by atoms with Crippen LogP contribution in [0.5, 0.6) is 5.75 Å². The van der Waals surface area contributed by atoms with Crippen LogP contribution >= 0.6 is 0 Å². The number of fused-ring (bicyclic) bond motifs is 1. The zero-order chi connectivity index (χ0) is 22.2. The highest BCUT2D eigenvalue weighted by atomic mass is 16.5. The molecule has 2 aromatic heterocycles. The van der Waals surface area contributed by atoms with E-state index in [0.717, 1.165) is 23.3 Å². The molecule has 7 nitrogen and oxygen atoms in total. The van der Waals surface area contributed by atoms with Gasteiger partial charge in [-0.2, -0.15) is 0 Å². The molecule has 1 aromatic carbocycles. The first-order chi connectivity index (χ1) is 15.5. The van der Waals surface area contributed by atoms with Gasteiger partial charge < -0.3 is 14.7 Å². The highest BCUT2D eigenvalue weighted by Gasteiger charge is 2.46. The van der Waals surface area contributed by atoms with Crippen molar-refractivity contribution in [2.24, 2.45) is 0 Å². The summed E-state index contributed by atoms with van der Waals surface area (Å²) in [6.07, 6.45) is 7.29. The number of nitrogens with zero attached hydrogens (tertiary/aromatic N) is 3. The number of amides is 1. The average Bonchev–Trinajstić information content (AvgIpc) is 3.31. The molecule has 2 atom stereocenters. The second-order valence-electron chi connectivity index (χ2n) is 8.02. The number of carbonyl (C=O) groups is 2. The van der Waals surface area contributed by atoms with Crippen LogP contribution in [0.4, 0.5) is 0 Å². The van der Waals surface area contributed by atoms with Crippen molar-refractivity contribution in [3.63, 3.8) is 0 Å². The first-order valence-electron chi connectivity index (χ1n) is 10.4. The fourth-order valence-corrected chi connectivity index (χ4v) is 4.34. The molecule has 2 aliphatic rings. The number of benzene rings is 1. The van der Waals surface area contributed by atoms with Gasteiger partial charge in [0.2, 0.25) is 0 Å². The van der Waals surface area contributed by atoms with E-state index in [-0.39, 0.29) is 24.0 Å². The van der Waals surface area contributed by atoms with E-state index in [9.17, 15) is 14.7 Å². The van der Waals surface area contributed by atoms with E-state index < -0.39 is 17.7 Å². The minimum Gasteiger partial charge on any atom is -0.507 e. The van der Waals surface area contributed by atoms with Gasteiger partial charge in [-0.25, -0.2) is 0 Å². The van der Waals surface area contributed by atoms with Crippen LogP contribution in [0.25, 0.3) is 5.76 Å². The second-order valence-corrected chi connectivity index (χ2v) is 8.02. The lowest BCUT2D eigenvalue weighted by molar-refractivity contribution is -0.140. The molecule has 4 heterocycles. The van der Waals surface area contributed by atoms with E-state index >= 15 is 0 Å². The smallest absolute Gasteiger partial charge is 0.295 e. The summed E-state index contributed by atoms with van der Waals surface area (Å²) in [5.74, 6) is -0.793. The zero-order valence-electron chi connectivity index (χ0n) is 17.4. The third-order valence-corrected chi connectivity index (χ3v) is 5.81. The SMILES string of the molecule is CC1Cc2cc(C(O)=C3C(=O)C(=O)N(Cc4ccncc4)C3c3cccnc3)ccc2O1. The number of aliphatic hydroxyl groups excluding tert-OH is 1. The van der Waals surface area contributed by atoms with Crippen LogP contribution in [-0.4, -0.2) is 37.8 Å². The molecule has 3 aromatic rings. The quantitative estimate of drug-likeness (QED) is 0.390. The number of aromatic nitrogens is 2. The fraction of sp³-hybridized carbons (Fsp3) is 0.200. The minimum atomic E-state index is -0.750. The van der Waals surface area contributed by atoms with Crippen LogP contribution in [0, 0.1) is 0 Å². The molecule has 5 rings (SSSR count). The lowest BCUT2D eigenvalue weighted by Crippen LogP contribution is -2.29. The maximum atomic E-state index is 13.1. The van der Waals surface area contributed by atoms with E-state index in [4.69, 9.17) is 4.74 Å². The Labute approximate surface area is 185 Å². The molecule has 0 bridgehead atoms. The van der Waals surface area contributed by atoms with Crippen LogP contribution in [0.1, 0.15) is 35.2 Å². The van der Waals surface area contributed by atoms with Crippen molar-refractivity contribution in [1.29, 1.82) is 0 Å². The number of ether oxygens (including phenoxy) is 1. The molecule has 1 fully saturated rings. The van der Waals surface area contributed by atoms with E-state index in [2.05, 4.69) is 9.97 Å². The largest absolute Gasteiger partial charge is 0.507 e. The maximum absolute atomic E-state index is 13.1. The molecule has 1 saturated heterocycles. The summed E-state index contributed by atoms with van der Waals surface area (Å²) in [6, 6.07) is 11.7. The second kappa shape index (κ2) is 7.92. The van der Waals surface area contributed by atoms with Gasteiger partial charge in [-0.05, 0) is 60.0 Å². The topological polar surface area (TPSA) is 92.6 Å². The summed E-state index contributed by atoms with van der Waals surface area (Å²) in [5.41, 5.74) is 2.99. The fourth-order valence-electron chi connectivity index (χ4n) is 4.34. The molecule has 0 aliphatic carbocycles.